The van der Waals surface area contributed by atoms with Gasteiger partial charge >= 0.3 is 6.09 Å². The van der Waals surface area contributed by atoms with E-state index in [1.165, 1.54) is 13.2 Å². The number of methoxy groups -OCH3 is 1. The van der Waals surface area contributed by atoms with E-state index in [4.69, 9.17) is 9.84 Å². The molecule has 0 aliphatic heterocycles. The number of carbonyl (C=O) groups is 1. The first-order valence-electron chi connectivity index (χ1n) is 6.10. The van der Waals surface area contributed by atoms with E-state index in [2.05, 4.69) is 36.4 Å². The minimum Gasteiger partial charge on any atom is -0.494 e. The molecular formula is C14H18FNO3Si. The number of halogens is 1. The van der Waals surface area contributed by atoms with Gasteiger partial charge in [-0.1, -0.05) is 25.6 Å². The van der Waals surface area contributed by atoms with Gasteiger partial charge in [-0.15, -0.1) is 5.54 Å². The fourth-order valence-electron chi connectivity index (χ4n) is 1.47. The molecule has 0 heterocycles. The van der Waals surface area contributed by atoms with Crippen LogP contribution >= 0.6 is 0 Å². The SMILES string of the molecule is COc1ccc(C#C[Si](C)(C)C)c(CNC(=O)O)c1F. The summed E-state index contributed by atoms with van der Waals surface area (Å²) in [7, 11) is -0.237. The van der Waals surface area contributed by atoms with Crippen LogP contribution in [0.25, 0.3) is 0 Å². The van der Waals surface area contributed by atoms with Gasteiger partial charge in [0.15, 0.2) is 11.6 Å². The number of benzene rings is 1. The molecule has 0 aromatic heterocycles. The first-order valence-corrected chi connectivity index (χ1v) is 9.60. The Bertz CT molecular complexity index is 570. The summed E-state index contributed by atoms with van der Waals surface area (Å²) in [6.45, 7) is 6.09. The highest BCUT2D eigenvalue weighted by atomic mass is 28.3. The minimum atomic E-state index is -1.60. The maximum atomic E-state index is 14.2. The number of nitrogens with one attached hydrogen (secondary N) is 1. The molecule has 6 heteroatoms. The maximum absolute atomic E-state index is 14.2. The van der Waals surface area contributed by atoms with Crippen LogP contribution in [0.4, 0.5) is 9.18 Å². The molecule has 1 aromatic rings. The highest BCUT2D eigenvalue weighted by molar-refractivity contribution is 6.83. The molecule has 2 N–H and O–H groups in total. The van der Waals surface area contributed by atoms with E-state index < -0.39 is 20.0 Å². The fourth-order valence-corrected chi connectivity index (χ4v) is 1.98. The summed E-state index contributed by atoms with van der Waals surface area (Å²) in [4.78, 5) is 10.6. The first kappa shape index (κ1) is 16.1. The average molecular weight is 295 g/mol. The lowest BCUT2D eigenvalue weighted by Gasteiger charge is -2.11. The van der Waals surface area contributed by atoms with Crippen molar-refractivity contribution in [3.63, 3.8) is 0 Å². The van der Waals surface area contributed by atoms with E-state index >= 15 is 0 Å². The van der Waals surface area contributed by atoms with E-state index in [-0.39, 0.29) is 17.9 Å². The summed E-state index contributed by atoms with van der Waals surface area (Å²) in [5, 5.41) is 10.8. The zero-order chi connectivity index (χ0) is 15.3. The summed E-state index contributed by atoms with van der Waals surface area (Å²) in [5.74, 6) is 2.45. The minimum absolute atomic E-state index is 0.0748. The van der Waals surface area contributed by atoms with Gasteiger partial charge in [-0.25, -0.2) is 9.18 Å². The highest BCUT2D eigenvalue weighted by Crippen LogP contribution is 2.23. The zero-order valence-electron chi connectivity index (χ0n) is 12.0. The van der Waals surface area contributed by atoms with Gasteiger partial charge in [-0.05, 0) is 12.1 Å². The van der Waals surface area contributed by atoms with Crippen molar-refractivity contribution in [1.29, 1.82) is 0 Å². The largest absolute Gasteiger partial charge is 0.494 e. The predicted octanol–water partition coefficient (Wildman–Crippen LogP) is 2.83. The van der Waals surface area contributed by atoms with E-state index in [1.54, 1.807) is 6.07 Å². The standard InChI is InChI=1S/C14H18FNO3Si/c1-19-12-6-5-10(7-8-20(2,3)4)11(13(12)15)9-16-14(17)18/h5-6,16H,9H2,1-4H3,(H,17,18). The average Bonchev–Trinajstić information content (AvgIpc) is 2.34. The molecule has 108 valence electrons. The van der Waals surface area contributed by atoms with Crippen LogP contribution in [0.2, 0.25) is 19.6 Å². The molecule has 0 aliphatic rings. The van der Waals surface area contributed by atoms with Crippen LogP contribution in [-0.4, -0.2) is 26.4 Å². The molecule has 0 spiro atoms. The third kappa shape index (κ3) is 4.59. The number of hydrogen-bond acceptors (Lipinski definition) is 2. The molecule has 20 heavy (non-hydrogen) atoms. The molecule has 4 nitrogen and oxygen atoms in total. The molecule has 0 radical (unpaired) electrons. The van der Waals surface area contributed by atoms with Crippen LogP contribution in [0.5, 0.6) is 5.75 Å². The van der Waals surface area contributed by atoms with Crippen molar-refractivity contribution in [3.8, 4) is 17.2 Å². The molecular weight excluding hydrogens is 277 g/mol. The maximum Gasteiger partial charge on any atom is 0.404 e. The topological polar surface area (TPSA) is 58.6 Å². The summed E-state index contributed by atoms with van der Waals surface area (Å²) in [6.07, 6.45) is -1.21. The zero-order valence-corrected chi connectivity index (χ0v) is 13.0. The van der Waals surface area contributed by atoms with Crippen molar-refractivity contribution < 1.29 is 19.0 Å². The van der Waals surface area contributed by atoms with Crippen molar-refractivity contribution in [2.24, 2.45) is 0 Å². The van der Waals surface area contributed by atoms with E-state index in [9.17, 15) is 9.18 Å². The van der Waals surface area contributed by atoms with E-state index in [0.717, 1.165) is 0 Å². The Balaban J connectivity index is 3.24. The number of hydrogen-bond donors (Lipinski definition) is 2. The molecule has 0 saturated carbocycles. The van der Waals surface area contributed by atoms with Crippen molar-refractivity contribution in [2.45, 2.75) is 26.2 Å². The molecule has 0 aliphatic carbocycles. The molecule has 0 atom stereocenters. The Kier molecular flexibility index (Phi) is 5.17. The lowest BCUT2D eigenvalue weighted by molar-refractivity contribution is 0.194. The van der Waals surface area contributed by atoms with Crippen LogP contribution in [-0.2, 0) is 6.54 Å². The first-order chi connectivity index (χ1) is 9.24. The van der Waals surface area contributed by atoms with Crippen LogP contribution in [0.3, 0.4) is 0 Å². The second kappa shape index (κ2) is 6.44. The van der Waals surface area contributed by atoms with Gasteiger partial charge < -0.3 is 15.2 Å². The molecule has 0 unspecified atom stereocenters. The highest BCUT2D eigenvalue weighted by Gasteiger charge is 2.14. The van der Waals surface area contributed by atoms with Crippen molar-refractivity contribution in [2.75, 3.05) is 7.11 Å². The van der Waals surface area contributed by atoms with Gasteiger partial charge in [-0.3, -0.25) is 0 Å². The summed E-state index contributed by atoms with van der Waals surface area (Å²) in [5.41, 5.74) is 3.83. The number of ether oxygens (including phenoxy) is 1. The number of carboxylic acid groups (broad SMARTS) is 1. The lowest BCUT2D eigenvalue weighted by atomic mass is 10.1. The van der Waals surface area contributed by atoms with Gasteiger partial charge in [0.05, 0.1) is 13.7 Å². The quantitative estimate of drug-likeness (QED) is 0.666. The molecule has 0 saturated heterocycles. The second-order valence-electron chi connectivity index (χ2n) is 5.27. The van der Waals surface area contributed by atoms with Gasteiger partial charge in [-0.2, -0.15) is 0 Å². The van der Waals surface area contributed by atoms with Gasteiger partial charge in [0.2, 0.25) is 0 Å². The summed E-state index contributed by atoms with van der Waals surface area (Å²) >= 11 is 0. The monoisotopic (exact) mass is 295 g/mol. The molecule has 1 rings (SSSR count). The van der Waals surface area contributed by atoms with Crippen LogP contribution in [0.15, 0.2) is 12.1 Å². The van der Waals surface area contributed by atoms with Crippen LogP contribution < -0.4 is 10.1 Å². The number of rotatable bonds is 3. The third-order valence-electron chi connectivity index (χ3n) is 2.42. The van der Waals surface area contributed by atoms with E-state index in [1.807, 2.05) is 0 Å². The Labute approximate surface area is 119 Å². The Morgan fingerprint density at radius 2 is 2.10 bits per heavy atom. The van der Waals surface area contributed by atoms with Crippen LogP contribution in [0, 0.1) is 17.3 Å². The molecule has 0 bridgehead atoms. The molecule has 1 aromatic carbocycles. The third-order valence-corrected chi connectivity index (χ3v) is 3.29. The fraction of sp³-hybridized carbons (Fsp3) is 0.357. The Hall–Kier alpha value is -2.00. The number of amides is 1. The smallest absolute Gasteiger partial charge is 0.404 e. The predicted molar refractivity (Wildman–Crippen MR) is 78.0 cm³/mol. The van der Waals surface area contributed by atoms with Crippen molar-refractivity contribution in [1.82, 2.24) is 5.32 Å². The summed E-state index contributed by atoms with van der Waals surface area (Å²) in [6, 6.07) is 3.14. The second-order valence-corrected chi connectivity index (χ2v) is 10.0. The molecule has 1 amide bonds. The van der Waals surface area contributed by atoms with E-state index in [0.29, 0.717) is 5.56 Å². The van der Waals surface area contributed by atoms with Gasteiger partial charge in [0.25, 0.3) is 0 Å². The van der Waals surface area contributed by atoms with Gasteiger partial charge in [0.1, 0.15) is 8.07 Å². The van der Waals surface area contributed by atoms with Gasteiger partial charge in [0, 0.05) is 11.1 Å². The lowest BCUT2D eigenvalue weighted by Crippen LogP contribution is -2.21. The van der Waals surface area contributed by atoms with Crippen molar-refractivity contribution >= 4 is 14.2 Å². The van der Waals surface area contributed by atoms with Crippen molar-refractivity contribution in [3.05, 3.63) is 29.1 Å². The molecule has 0 fully saturated rings. The Morgan fingerprint density at radius 1 is 1.45 bits per heavy atom. The Morgan fingerprint density at radius 3 is 2.60 bits per heavy atom. The summed E-state index contributed by atoms with van der Waals surface area (Å²) < 4.78 is 19.1. The van der Waals surface area contributed by atoms with Crippen LogP contribution in [0.1, 0.15) is 11.1 Å². The normalized spacial score (nSPS) is 10.4.